The average Bonchev–Trinajstić information content (AvgIpc) is 3.09. The third-order valence-electron chi connectivity index (χ3n) is 4.43. The van der Waals surface area contributed by atoms with Crippen molar-refractivity contribution >= 4 is 42.3 Å². The molecule has 0 spiro atoms. The molecule has 1 aromatic carbocycles. The van der Waals surface area contributed by atoms with E-state index in [0.717, 1.165) is 31.5 Å². The molecule has 144 valence electrons. The number of nitrogens with zero attached hydrogens (tertiary/aromatic N) is 2. The highest BCUT2D eigenvalue weighted by molar-refractivity contribution is 6.33. The zero-order valence-corrected chi connectivity index (χ0v) is 17.0. The number of aromatic nitrogens is 1. The van der Waals surface area contributed by atoms with Gasteiger partial charge in [-0.05, 0) is 32.0 Å². The largest absolute Gasteiger partial charge is 0.441 e. The minimum absolute atomic E-state index is 0. The maximum atomic E-state index is 12.4. The average molecular weight is 421 g/mol. The Morgan fingerprint density at radius 2 is 2.15 bits per heavy atom. The number of carbonyl (C=O) groups excluding carboxylic acids is 1. The fourth-order valence-corrected chi connectivity index (χ4v) is 3.25. The molecule has 1 aromatic heterocycles. The molecule has 3 rings (SSSR count). The topological polar surface area (TPSA) is 58.4 Å². The van der Waals surface area contributed by atoms with Gasteiger partial charge in [0.25, 0.3) is 0 Å². The van der Waals surface area contributed by atoms with E-state index in [2.05, 4.69) is 10.3 Å². The molecular weight excluding hydrogens is 397 g/mol. The van der Waals surface area contributed by atoms with Crippen molar-refractivity contribution < 1.29 is 9.21 Å². The summed E-state index contributed by atoms with van der Waals surface area (Å²) < 4.78 is 5.75. The highest BCUT2D eigenvalue weighted by atomic mass is 35.5. The van der Waals surface area contributed by atoms with Gasteiger partial charge < -0.3 is 14.6 Å². The number of piperidine rings is 1. The Labute approximate surface area is 171 Å². The third kappa shape index (κ3) is 5.61. The molecule has 1 amide bonds. The second-order valence-corrected chi connectivity index (χ2v) is 6.47. The van der Waals surface area contributed by atoms with Crippen LogP contribution in [-0.4, -0.2) is 42.0 Å². The number of benzene rings is 1. The van der Waals surface area contributed by atoms with Gasteiger partial charge in [0.05, 0.1) is 11.2 Å². The van der Waals surface area contributed by atoms with Crippen LogP contribution in [-0.2, 0) is 11.2 Å². The van der Waals surface area contributed by atoms with E-state index >= 15 is 0 Å². The number of likely N-dealkylation sites (tertiary alicyclic amines) is 1. The molecular formula is C18H24Cl3N3O2. The minimum Gasteiger partial charge on any atom is -0.441 e. The van der Waals surface area contributed by atoms with Crippen LogP contribution in [0.3, 0.4) is 0 Å². The van der Waals surface area contributed by atoms with Gasteiger partial charge in [0, 0.05) is 37.5 Å². The molecule has 2 heterocycles. The van der Waals surface area contributed by atoms with Gasteiger partial charge in [0.1, 0.15) is 0 Å². The first-order valence-corrected chi connectivity index (χ1v) is 8.70. The number of rotatable bonds is 5. The van der Waals surface area contributed by atoms with Gasteiger partial charge in [-0.1, -0.05) is 23.7 Å². The van der Waals surface area contributed by atoms with E-state index in [1.165, 1.54) is 0 Å². The summed E-state index contributed by atoms with van der Waals surface area (Å²) in [5.74, 6) is 1.36. The summed E-state index contributed by atoms with van der Waals surface area (Å²) in [5.41, 5.74) is 0.817. The van der Waals surface area contributed by atoms with E-state index in [0.29, 0.717) is 35.6 Å². The Morgan fingerprint density at radius 1 is 1.38 bits per heavy atom. The van der Waals surface area contributed by atoms with E-state index in [9.17, 15) is 4.79 Å². The van der Waals surface area contributed by atoms with E-state index in [1.807, 2.05) is 36.2 Å². The highest BCUT2D eigenvalue weighted by Gasteiger charge is 2.22. The summed E-state index contributed by atoms with van der Waals surface area (Å²) in [7, 11) is 1.95. The van der Waals surface area contributed by atoms with E-state index in [-0.39, 0.29) is 30.7 Å². The molecule has 1 fully saturated rings. The second kappa shape index (κ2) is 10.8. The lowest BCUT2D eigenvalue weighted by Gasteiger charge is -2.32. The van der Waals surface area contributed by atoms with Gasteiger partial charge in [-0.15, -0.1) is 24.8 Å². The molecule has 26 heavy (non-hydrogen) atoms. The summed E-state index contributed by atoms with van der Waals surface area (Å²) in [5, 5.41) is 3.88. The van der Waals surface area contributed by atoms with Crippen molar-refractivity contribution in [2.75, 3.05) is 20.1 Å². The van der Waals surface area contributed by atoms with Gasteiger partial charge in [-0.3, -0.25) is 4.79 Å². The van der Waals surface area contributed by atoms with Crippen molar-refractivity contribution in [2.45, 2.75) is 31.7 Å². The lowest BCUT2D eigenvalue weighted by atomic mass is 10.1. The van der Waals surface area contributed by atoms with Crippen LogP contribution in [0.5, 0.6) is 0 Å². The van der Waals surface area contributed by atoms with Crippen molar-refractivity contribution in [3.05, 3.63) is 41.4 Å². The van der Waals surface area contributed by atoms with E-state index in [1.54, 1.807) is 6.20 Å². The standard InChI is InChI=1S/C18H22ClN3O2.2ClH/c1-20-13-5-4-10-22(12-13)18(23)9-8-17-21-11-16(24-17)14-6-2-3-7-15(14)19;;/h2-3,6-7,11,13,20H,4-5,8-10,12H2,1H3;2*1H. The van der Waals surface area contributed by atoms with Crippen LogP contribution in [0.4, 0.5) is 0 Å². The number of hydrogen-bond acceptors (Lipinski definition) is 4. The summed E-state index contributed by atoms with van der Waals surface area (Å²) >= 11 is 6.17. The summed E-state index contributed by atoms with van der Waals surface area (Å²) in [6, 6.07) is 7.89. The zero-order chi connectivity index (χ0) is 16.9. The fraction of sp³-hybridized carbons (Fsp3) is 0.444. The Bertz CT molecular complexity index is 708. The molecule has 1 saturated heterocycles. The van der Waals surface area contributed by atoms with Crippen LogP contribution in [0.1, 0.15) is 25.2 Å². The zero-order valence-electron chi connectivity index (χ0n) is 14.6. The van der Waals surface area contributed by atoms with E-state index in [4.69, 9.17) is 16.0 Å². The van der Waals surface area contributed by atoms with Crippen molar-refractivity contribution in [1.29, 1.82) is 0 Å². The predicted molar refractivity (Wildman–Crippen MR) is 108 cm³/mol. The summed E-state index contributed by atoms with van der Waals surface area (Å²) in [6.07, 6.45) is 4.76. The quantitative estimate of drug-likeness (QED) is 0.795. The SMILES string of the molecule is CNC1CCCN(C(=O)CCc2ncc(-c3ccccc3Cl)o2)C1.Cl.Cl. The molecule has 1 unspecified atom stereocenters. The van der Waals surface area contributed by atoms with Crippen LogP contribution in [0.25, 0.3) is 11.3 Å². The van der Waals surface area contributed by atoms with E-state index < -0.39 is 0 Å². The molecule has 0 aliphatic carbocycles. The lowest BCUT2D eigenvalue weighted by Crippen LogP contribution is -2.47. The molecule has 8 heteroatoms. The first kappa shape index (κ1) is 22.8. The smallest absolute Gasteiger partial charge is 0.223 e. The number of aryl methyl sites for hydroxylation is 1. The molecule has 2 aromatic rings. The number of halogens is 3. The summed E-state index contributed by atoms with van der Waals surface area (Å²) in [4.78, 5) is 18.6. The monoisotopic (exact) mass is 419 g/mol. The van der Waals surface area contributed by atoms with Gasteiger partial charge in [-0.2, -0.15) is 0 Å². The molecule has 1 aliphatic heterocycles. The van der Waals surface area contributed by atoms with Crippen LogP contribution >= 0.6 is 36.4 Å². The summed E-state index contributed by atoms with van der Waals surface area (Å²) in [6.45, 7) is 1.62. The minimum atomic E-state index is 0. The third-order valence-corrected chi connectivity index (χ3v) is 4.76. The van der Waals surface area contributed by atoms with Gasteiger partial charge in [0.2, 0.25) is 5.91 Å². The molecule has 0 radical (unpaired) electrons. The van der Waals surface area contributed by atoms with Crippen LogP contribution in [0.2, 0.25) is 5.02 Å². The number of oxazole rings is 1. The Hall–Kier alpha value is -1.27. The number of hydrogen-bond donors (Lipinski definition) is 1. The predicted octanol–water partition coefficient (Wildman–Crippen LogP) is 3.98. The van der Waals surface area contributed by atoms with Crippen molar-refractivity contribution in [3.63, 3.8) is 0 Å². The fourth-order valence-electron chi connectivity index (χ4n) is 3.02. The molecule has 0 saturated carbocycles. The maximum absolute atomic E-state index is 12.4. The molecule has 1 atom stereocenters. The van der Waals surface area contributed by atoms with Crippen LogP contribution in [0, 0.1) is 0 Å². The molecule has 1 N–H and O–H groups in total. The Kier molecular flexibility index (Phi) is 9.44. The van der Waals surface area contributed by atoms with Crippen molar-refractivity contribution in [1.82, 2.24) is 15.2 Å². The second-order valence-electron chi connectivity index (χ2n) is 6.07. The lowest BCUT2D eigenvalue weighted by molar-refractivity contribution is -0.132. The first-order valence-electron chi connectivity index (χ1n) is 8.32. The number of nitrogens with one attached hydrogen (secondary N) is 1. The maximum Gasteiger partial charge on any atom is 0.223 e. The first-order chi connectivity index (χ1) is 11.7. The highest BCUT2D eigenvalue weighted by Crippen LogP contribution is 2.28. The van der Waals surface area contributed by atoms with Gasteiger partial charge in [-0.25, -0.2) is 4.98 Å². The van der Waals surface area contributed by atoms with Crippen LogP contribution < -0.4 is 5.32 Å². The Balaban J connectivity index is 0.00000169. The molecule has 5 nitrogen and oxygen atoms in total. The molecule has 1 aliphatic rings. The van der Waals surface area contributed by atoms with Crippen molar-refractivity contribution in [3.8, 4) is 11.3 Å². The van der Waals surface area contributed by atoms with Crippen molar-refractivity contribution in [2.24, 2.45) is 0 Å². The Morgan fingerprint density at radius 3 is 2.88 bits per heavy atom. The number of carbonyl (C=O) groups is 1. The number of amides is 1. The normalized spacial score (nSPS) is 16.5. The molecule has 0 bridgehead atoms. The number of likely N-dealkylation sites (N-methyl/N-ethyl adjacent to an activating group) is 1. The van der Waals surface area contributed by atoms with Gasteiger partial charge >= 0.3 is 0 Å². The van der Waals surface area contributed by atoms with Crippen LogP contribution in [0.15, 0.2) is 34.9 Å². The van der Waals surface area contributed by atoms with Gasteiger partial charge in [0.15, 0.2) is 11.7 Å².